The number of aliphatic imine (C=N–C) groups is 1. The van der Waals surface area contributed by atoms with Gasteiger partial charge in [0.2, 0.25) is 5.91 Å². The summed E-state index contributed by atoms with van der Waals surface area (Å²) in [6.45, 7) is 0.180. The van der Waals surface area contributed by atoms with Crippen molar-refractivity contribution in [2.45, 2.75) is 12.5 Å². The molecule has 1 aromatic heterocycles. The molecule has 0 radical (unpaired) electrons. The maximum absolute atomic E-state index is 12.5. The van der Waals surface area contributed by atoms with Crippen LogP contribution in [0.5, 0.6) is 0 Å². The van der Waals surface area contributed by atoms with Crippen LogP contribution in [0.2, 0.25) is 0 Å². The van der Waals surface area contributed by atoms with Crippen molar-refractivity contribution >= 4 is 41.4 Å². The Balaban J connectivity index is 1.60. The van der Waals surface area contributed by atoms with Crippen LogP contribution in [-0.4, -0.2) is 77.6 Å². The molecule has 2 aliphatic rings. The van der Waals surface area contributed by atoms with Crippen LogP contribution < -0.4 is 5.32 Å². The summed E-state index contributed by atoms with van der Waals surface area (Å²) in [7, 11) is 3.26. The van der Waals surface area contributed by atoms with Crippen molar-refractivity contribution in [1.29, 1.82) is 0 Å². The number of amidine groups is 1. The van der Waals surface area contributed by atoms with Crippen LogP contribution in [-0.2, 0) is 16.0 Å². The number of nitrogens with one attached hydrogen (secondary N) is 1. The molecular formula is C15H18N5O3S+. The van der Waals surface area contributed by atoms with Crippen molar-refractivity contribution in [1.82, 2.24) is 15.1 Å². The zero-order valence-electron chi connectivity index (χ0n) is 13.4. The molecule has 0 aliphatic carbocycles. The van der Waals surface area contributed by atoms with Crippen molar-refractivity contribution < 1.29 is 19.0 Å². The SMILES string of the molecule is CN1C(=O)N(CC(=O)NCCc2cccs2)C(=O)C2C1=NC=[N+]2C. The van der Waals surface area contributed by atoms with Gasteiger partial charge in [0.05, 0.1) is 7.05 Å². The number of carbonyl (C=O) groups is 3. The van der Waals surface area contributed by atoms with E-state index >= 15 is 0 Å². The van der Waals surface area contributed by atoms with Crippen molar-refractivity contribution in [2.75, 3.05) is 27.2 Å². The van der Waals surface area contributed by atoms with E-state index in [1.165, 1.54) is 16.1 Å². The summed E-state index contributed by atoms with van der Waals surface area (Å²) in [5.74, 6) is -0.393. The molecule has 8 nitrogen and oxygen atoms in total. The monoisotopic (exact) mass is 348 g/mol. The molecule has 1 atom stereocenters. The number of imide groups is 1. The minimum Gasteiger partial charge on any atom is -0.354 e. The highest BCUT2D eigenvalue weighted by Gasteiger charge is 2.51. The van der Waals surface area contributed by atoms with Gasteiger partial charge in [-0.05, 0) is 22.9 Å². The van der Waals surface area contributed by atoms with Crippen LogP contribution >= 0.6 is 11.3 Å². The van der Waals surface area contributed by atoms with Crippen LogP contribution in [0.3, 0.4) is 0 Å². The fourth-order valence-corrected chi connectivity index (χ4v) is 3.38. The van der Waals surface area contributed by atoms with E-state index in [9.17, 15) is 14.4 Å². The Bertz CT molecular complexity index is 740. The first kappa shape index (κ1) is 16.3. The Morgan fingerprint density at radius 3 is 2.96 bits per heavy atom. The molecule has 0 spiro atoms. The number of hydrogen-bond donors (Lipinski definition) is 1. The summed E-state index contributed by atoms with van der Waals surface area (Å²) < 4.78 is 1.63. The first-order valence-corrected chi connectivity index (χ1v) is 8.38. The van der Waals surface area contributed by atoms with Gasteiger partial charge >= 0.3 is 6.03 Å². The van der Waals surface area contributed by atoms with Gasteiger partial charge in [-0.25, -0.2) is 9.37 Å². The molecule has 24 heavy (non-hydrogen) atoms. The molecule has 9 heteroatoms. The molecule has 0 saturated carbocycles. The van der Waals surface area contributed by atoms with Crippen molar-refractivity contribution in [3.63, 3.8) is 0 Å². The van der Waals surface area contributed by atoms with Crippen LogP contribution in [0, 0.1) is 0 Å². The second-order valence-corrected chi connectivity index (χ2v) is 6.65. The lowest BCUT2D eigenvalue weighted by Crippen LogP contribution is -2.63. The van der Waals surface area contributed by atoms with Gasteiger partial charge in [0.1, 0.15) is 6.54 Å². The largest absolute Gasteiger partial charge is 0.354 e. The summed E-state index contributed by atoms with van der Waals surface area (Å²) in [4.78, 5) is 44.5. The summed E-state index contributed by atoms with van der Waals surface area (Å²) in [6.07, 6.45) is 2.23. The van der Waals surface area contributed by atoms with E-state index in [1.54, 1.807) is 30.0 Å². The van der Waals surface area contributed by atoms with Gasteiger partial charge in [-0.2, -0.15) is 0 Å². The topological polar surface area (TPSA) is 85.1 Å². The Morgan fingerprint density at radius 1 is 1.46 bits per heavy atom. The predicted molar refractivity (Wildman–Crippen MR) is 89.4 cm³/mol. The standard InChI is InChI=1S/C15H17N5O3S/c1-18-9-17-13-12(18)14(22)20(15(23)19(13)2)8-11(21)16-6-5-10-4-3-7-24-10/h3-4,7,9,12H,5-6,8H2,1-2H3/p+1. The van der Waals surface area contributed by atoms with Gasteiger partial charge in [-0.15, -0.1) is 11.3 Å². The molecule has 1 unspecified atom stereocenters. The number of fused-ring (bicyclic) bond motifs is 1. The quantitative estimate of drug-likeness (QED) is 0.745. The summed E-state index contributed by atoms with van der Waals surface area (Å²) in [5, 5.41) is 4.73. The third-order valence-corrected chi connectivity index (χ3v) is 4.90. The van der Waals surface area contributed by atoms with Gasteiger partial charge in [-0.1, -0.05) is 6.07 Å². The Labute approximate surface area is 143 Å². The molecular weight excluding hydrogens is 330 g/mol. The molecule has 1 N–H and O–H groups in total. The van der Waals surface area contributed by atoms with E-state index in [2.05, 4.69) is 10.3 Å². The highest BCUT2D eigenvalue weighted by molar-refractivity contribution is 7.09. The number of urea groups is 1. The van der Waals surface area contributed by atoms with Crippen LogP contribution in [0.1, 0.15) is 4.88 Å². The molecule has 1 fully saturated rings. The number of nitrogens with zero attached hydrogens (tertiary/aromatic N) is 4. The molecule has 3 heterocycles. The Kier molecular flexibility index (Phi) is 4.43. The zero-order valence-corrected chi connectivity index (χ0v) is 14.2. The molecule has 1 saturated heterocycles. The van der Waals surface area contributed by atoms with Crippen LogP contribution in [0.4, 0.5) is 4.79 Å². The Hall–Kier alpha value is -2.55. The zero-order chi connectivity index (χ0) is 17.3. The average Bonchev–Trinajstić information content (AvgIpc) is 3.19. The van der Waals surface area contributed by atoms with E-state index in [-0.39, 0.29) is 12.5 Å². The maximum Gasteiger partial charge on any atom is 0.334 e. The normalized spacial score (nSPS) is 20.0. The van der Waals surface area contributed by atoms with E-state index in [1.807, 2.05) is 17.5 Å². The van der Waals surface area contributed by atoms with E-state index in [0.29, 0.717) is 12.4 Å². The highest BCUT2D eigenvalue weighted by atomic mass is 32.1. The van der Waals surface area contributed by atoms with E-state index in [4.69, 9.17) is 0 Å². The minimum atomic E-state index is -0.647. The number of carbonyl (C=O) groups excluding carboxylic acids is 3. The maximum atomic E-state index is 12.5. The van der Waals surface area contributed by atoms with Gasteiger partial charge < -0.3 is 5.32 Å². The third-order valence-electron chi connectivity index (χ3n) is 3.96. The van der Waals surface area contributed by atoms with Gasteiger partial charge in [-0.3, -0.25) is 19.4 Å². The molecule has 1 aromatic rings. The van der Waals surface area contributed by atoms with E-state index in [0.717, 1.165) is 11.3 Å². The summed E-state index contributed by atoms with van der Waals surface area (Å²) in [6, 6.07) is 2.77. The number of amides is 4. The number of likely N-dealkylation sites (N-methyl/N-ethyl adjacent to an activating group) is 2. The second-order valence-electron chi connectivity index (χ2n) is 5.62. The molecule has 4 amide bonds. The van der Waals surface area contributed by atoms with Crippen molar-refractivity contribution in [3.05, 3.63) is 22.4 Å². The smallest absolute Gasteiger partial charge is 0.334 e. The average molecular weight is 348 g/mol. The van der Waals surface area contributed by atoms with Crippen molar-refractivity contribution in [3.8, 4) is 0 Å². The molecule has 3 rings (SSSR count). The van der Waals surface area contributed by atoms with Crippen LogP contribution in [0.25, 0.3) is 0 Å². The predicted octanol–water partition coefficient (Wildman–Crippen LogP) is -0.248. The van der Waals surface area contributed by atoms with E-state index < -0.39 is 18.0 Å². The minimum absolute atomic E-state index is 0.288. The van der Waals surface area contributed by atoms with Gasteiger partial charge in [0.25, 0.3) is 24.1 Å². The second kappa shape index (κ2) is 6.52. The lowest BCUT2D eigenvalue weighted by Gasteiger charge is -2.32. The first-order chi connectivity index (χ1) is 11.5. The molecule has 0 aromatic carbocycles. The number of thiophene rings is 1. The highest BCUT2D eigenvalue weighted by Crippen LogP contribution is 2.16. The lowest BCUT2D eigenvalue weighted by atomic mass is 10.1. The fourth-order valence-electron chi connectivity index (χ4n) is 2.67. The molecule has 2 aliphatic heterocycles. The number of rotatable bonds is 5. The molecule has 0 bridgehead atoms. The third kappa shape index (κ3) is 2.94. The summed E-state index contributed by atoms with van der Waals surface area (Å²) in [5.41, 5.74) is 0. The van der Waals surface area contributed by atoms with Gasteiger partial charge in [0.15, 0.2) is 0 Å². The van der Waals surface area contributed by atoms with Gasteiger partial charge in [0, 0.05) is 18.5 Å². The fraction of sp³-hybridized carbons (Fsp3) is 0.400. The lowest BCUT2D eigenvalue weighted by molar-refractivity contribution is -0.500. The Morgan fingerprint density at radius 2 is 2.25 bits per heavy atom. The van der Waals surface area contributed by atoms with Crippen LogP contribution in [0.15, 0.2) is 22.5 Å². The first-order valence-electron chi connectivity index (χ1n) is 7.50. The number of hydrogen-bond acceptors (Lipinski definition) is 5. The molecule has 126 valence electrons. The van der Waals surface area contributed by atoms with Crippen molar-refractivity contribution in [2.24, 2.45) is 4.99 Å². The summed E-state index contributed by atoms with van der Waals surface area (Å²) >= 11 is 1.62.